The van der Waals surface area contributed by atoms with E-state index >= 15 is 0 Å². The van der Waals surface area contributed by atoms with Crippen molar-refractivity contribution < 1.29 is 0 Å². The lowest BCUT2D eigenvalue weighted by Crippen LogP contribution is -2.47. The molecule has 0 saturated carbocycles. The Balaban J connectivity index is 1.40. The van der Waals surface area contributed by atoms with Gasteiger partial charge < -0.3 is 14.0 Å². The Kier molecular flexibility index (Phi) is 4.77. The second kappa shape index (κ2) is 7.36. The fourth-order valence-corrected chi connectivity index (χ4v) is 3.52. The van der Waals surface area contributed by atoms with Crippen LogP contribution in [0.4, 0.5) is 5.69 Å². The Morgan fingerprint density at radius 1 is 1.00 bits per heavy atom. The van der Waals surface area contributed by atoms with Crippen LogP contribution in [0.3, 0.4) is 0 Å². The number of hydrogen-bond acceptors (Lipinski definition) is 5. The maximum Gasteiger partial charge on any atom is 0.260 e. The highest BCUT2D eigenvalue weighted by molar-refractivity contribution is 5.81. The van der Waals surface area contributed by atoms with E-state index in [4.69, 9.17) is 0 Å². The number of anilines is 1. The van der Waals surface area contributed by atoms with Gasteiger partial charge in [0, 0.05) is 64.3 Å². The Bertz CT molecular complexity index is 1060. The lowest BCUT2D eigenvalue weighted by Gasteiger charge is -2.36. The van der Waals surface area contributed by atoms with Gasteiger partial charge in [-0.15, -0.1) is 0 Å². The van der Waals surface area contributed by atoms with E-state index in [0.29, 0.717) is 11.9 Å². The number of fused-ring (bicyclic) bond motifs is 1. The van der Waals surface area contributed by atoms with Crippen molar-refractivity contribution in [2.24, 2.45) is 7.05 Å². The molecule has 0 N–H and O–H groups in total. The molecule has 4 rings (SSSR count). The van der Waals surface area contributed by atoms with E-state index in [1.54, 1.807) is 30.1 Å². The topological polar surface area (TPSA) is 63.4 Å². The molecule has 1 fully saturated rings. The summed E-state index contributed by atoms with van der Waals surface area (Å²) in [6, 6.07) is 11.1. The molecule has 0 atom stereocenters. The molecule has 0 spiro atoms. The van der Waals surface area contributed by atoms with Crippen LogP contribution in [0.15, 0.2) is 58.5 Å². The molecular formula is C20H23N5O2. The molecule has 2 aromatic heterocycles. The minimum Gasteiger partial charge on any atom is -0.369 e. The molecule has 1 aromatic carbocycles. The quantitative estimate of drug-likeness (QED) is 0.688. The highest BCUT2D eigenvalue weighted by Gasteiger charge is 2.17. The van der Waals surface area contributed by atoms with Crippen molar-refractivity contribution in [3.05, 3.63) is 69.6 Å². The molecule has 3 aromatic rings. The van der Waals surface area contributed by atoms with Gasteiger partial charge in [-0.05, 0) is 24.3 Å². The lowest BCUT2D eigenvalue weighted by molar-refractivity contribution is 0.247. The van der Waals surface area contributed by atoms with Crippen LogP contribution in [0.1, 0.15) is 0 Å². The second-order valence-corrected chi connectivity index (χ2v) is 6.92. The number of benzene rings is 1. The van der Waals surface area contributed by atoms with Gasteiger partial charge in [0.2, 0.25) is 0 Å². The summed E-state index contributed by atoms with van der Waals surface area (Å²) in [6.45, 7) is 5.31. The maximum absolute atomic E-state index is 12.2. The minimum atomic E-state index is -0.0208. The Labute approximate surface area is 157 Å². The molecule has 0 amide bonds. The highest BCUT2D eigenvalue weighted by Crippen LogP contribution is 2.20. The maximum atomic E-state index is 12.2. The third-order valence-corrected chi connectivity index (χ3v) is 5.20. The molecule has 140 valence electrons. The van der Waals surface area contributed by atoms with Gasteiger partial charge in [0.1, 0.15) is 0 Å². The van der Waals surface area contributed by atoms with Crippen molar-refractivity contribution in [2.45, 2.75) is 6.54 Å². The summed E-state index contributed by atoms with van der Waals surface area (Å²) in [5, 5.41) is 0.649. The number of nitrogens with zero attached hydrogens (tertiary/aromatic N) is 5. The number of piperazine rings is 1. The molecule has 7 heteroatoms. The number of hydrogen-bond donors (Lipinski definition) is 0. The van der Waals surface area contributed by atoms with Crippen molar-refractivity contribution in [3.63, 3.8) is 0 Å². The molecule has 0 unspecified atom stereocenters. The average molecular weight is 365 g/mol. The number of aromatic nitrogens is 3. The zero-order chi connectivity index (χ0) is 18.8. The molecule has 0 bridgehead atoms. The first-order valence-electron chi connectivity index (χ1n) is 9.20. The van der Waals surface area contributed by atoms with Gasteiger partial charge >= 0.3 is 0 Å². The Morgan fingerprint density at radius 3 is 2.59 bits per heavy atom. The van der Waals surface area contributed by atoms with Crippen molar-refractivity contribution in [1.29, 1.82) is 0 Å². The van der Waals surface area contributed by atoms with Crippen LogP contribution in [-0.4, -0.2) is 51.7 Å². The third kappa shape index (κ3) is 3.64. The predicted molar refractivity (Wildman–Crippen MR) is 106 cm³/mol. The van der Waals surface area contributed by atoms with E-state index in [1.807, 2.05) is 30.5 Å². The SMILES string of the molecule is Cn1cnc2cc(N3CCN(CCn4ccccc4=O)CC3)ccc2c1=O. The fraction of sp³-hybridized carbons (Fsp3) is 0.350. The predicted octanol–water partition coefficient (Wildman–Crippen LogP) is 0.917. The van der Waals surface area contributed by atoms with Crippen LogP contribution in [0.25, 0.3) is 10.9 Å². The summed E-state index contributed by atoms with van der Waals surface area (Å²) in [7, 11) is 1.71. The van der Waals surface area contributed by atoms with Crippen LogP contribution in [0, 0.1) is 0 Å². The molecule has 1 aliphatic rings. The summed E-state index contributed by atoms with van der Waals surface area (Å²) in [5.74, 6) is 0. The van der Waals surface area contributed by atoms with Gasteiger partial charge in [0.25, 0.3) is 11.1 Å². The molecule has 27 heavy (non-hydrogen) atoms. The monoisotopic (exact) mass is 365 g/mol. The molecule has 7 nitrogen and oxygen atoms in total. The fourth-order valence-electron chi connectivity index (χ4n) is 3.52. The van der Waals surface area contributed by atoms with E-state index in [-0.39, 0.29) is 11.1 Å². The minimum absolute atomic E-state index is 0.0208. The lowest BCUT2D eigenvalue weighted by atomic mass is 10.2. The summed E-state index contributed by atoms with van der Waals surface area (Å²) in [6.07, 6.45) is 3.41. The zero-order valence-corrected chi connectivity index (χ0v) is 15.4. The highest BCUT2D eigenvalue weighted by atomic mass is 16.1. The molecule has 1 saturated heterocycles. The van der Waals surface area contributed by atoms with Gasteiger partial charge in [0.15, 0.2) is 0 Å². The van der Waals surface area contributed by atoms with Crippen LogP contribution in [0.2, 0.25) is 0 Å². The van der Waals surface area contributed by atoms with E-state index in [0.717, 1.165) is 43.9 Å². The van der Waals surface area contributed by atoms with E-state index in [2.05, 4.69) is 14.8 Å². The van der Waals surface area contributed by atoms with Crippen molar-refractivity contribution >= 4 is 16.6 Å². The number of rotatable bonds is 4. The third-order valence-electron chi connectivity index (χ3n) is 5.20. The van der Waals surface area contributed by atoms with Crippen LogP contribution < -0.4 is 16.0 Å². The normalized spacial score (nSPS) is 15.4. The van der Waals surface area contributed by atoms with Crippen molar-refractivity contribution in [2.75, 3.05) is 37.6 Å². The second-order valence-electron chi connectivity index (χ2n) is 6.92. The van der Waals surface area contributed by atoms with E-state index in [9.17, 15) is 9.59 Å². The first-order chi connectivity index (χ1) is 13.1. The molecular weight excluding hydrogens is 342 g/mol. The zero-order valence-electron chi connectivity index (χ0n) is 15.4. The van der Waals surface area contributed by atoms with E-state index < -0.39 is 0 Å². The summed E-state index contributed by atoms with van der Waals surface area (Å²) in [5.41, 5.74) is 1.86. The average Bonchev–Trinajstić information content (AvgIpc) is 2.70. The van der Waals surface area contributed by atoms with Crippen molar-refractivity contribution in [1.82, 2.24) is 19.0 Å². The summed E-state index contributed by atoms with van der Waals surface area (Å²) in [4.78, 5) is 33.0. The van der Waals surface area contributed by atoms with Gasteiger partial charge in [-0.3, -0.25) is 14.5 Å². The van der Waals surface area contributed by atoms with Crippen LogP contribution >= 0.6 is 0 Å². The first-order valence-corrected chi connectivity index (χ1v) is 9.20. The Morgan fingerprint density at radius 2 is 1.81 bits per heavy atom. The van der Waals surface area contributed by atoms with Crippen molar-refractivity contribution in [3.8, 4) is 0 Å². The van der Waals surface area contributed by atoms with E-state index in [1.165, 1.54) is 4.57 Å². The molecule has 0 radical (unpaired) electrons. The smallest absolute Gasteiger partial charge is 0.260 e. The molecule has 0 aliphatic carbocycles. The van der Waals surface area contributed by atoms with Gasteiger partial charge in [-0.2, -0.15) is 0 Å². The largest absolute Gasteiger partial charge is 0.369 e. The van der Waals surface area contributed by atoms with Crippen LogP contribution in [-0.2, 0) is 13.6 Å². The summed E-state index contributed by atoms with van der Waals surface area (Å²) < 4.78 is 3.25. The number of aryl methyl sites for hydroxylation is 1. The summed E-state index contributed by atoms with van der Waals surface area (Å²) >= 11 is 0. The van der Waals surface area contributed by atoms with Gasteiger partial charge in [0.05, 0.1) is 17.2 Å². The number of pyridine rings is 1. The standard InChI is InChI=1S/C20H23N5O2/c1-22-15-21-18-14-16(5-6-17(18)20(22)27)24-11-8-23(9-12-24)10-13-25-7-3-2-4-19(25)26/h2-7,14-15H,8-13H2,1H3. The van der Waals surface area contributed by atoms with Crippen LogP contribution in [0.5, 0.6) is 0 Å². The molecule has 1 aliphatic heterocycles. The Hall–Kier alpha value is -2.93. The van der Waals surface area contributed by atoms with Gasteiger partial charge in [-0.1, -0.05) is 6.07 Å². The molecule has 3 heterocycles. The first kappa shape index (κ1) is 17.5. The van der Waals surface area contributed by atoms with Gasteiger partial charge in [-0.25, -0.2) is 4.98 Å².